The van der Waals surface area contributed by atoms with Gasteiger partial charge in [0.1, 0.15) is 0 Å². The van der Waals surface area contributed by atoms with E-state index >= 15 is 0 Å². The number of carbonyl (C=O) groups excluding carboxylic acids is 2. The van der Waals surface area contributed by atoms with E-state index in [4.69, 9.17) is 4.74 Å². The van der Waals surface area contributed by atoms with Gasteiger partial charge in [-0.3, -0.25) is 9.59 Å². The number of aryl methyl sites for hydroxylation is 2. The van der Waals surface area contributed by atoms with E-state index in [9.17, 15) is 9.59 Å². The topological polar surface area (TPSA) is 58.6 Å². The van der Waals surface area contributed by atoms with Crippen LogP contribution in [0.3, 0.4) is 0 Å². The highest BCUT2D eigenvalue weighted by atomic mass is 16.5. The second-order valence-electron chi connectivity index (χ2n) is 7.93. The molecule has 0 bridgehead atoms. The lowest BCUT2D eigenvalue weighted by atomic mass is 9.96. The lowest BCUT2D eigenvalue weighted by Gasteiger charge is -2.32. The molecule has 1 heterocycles. The normalized spacial score (nSPS) is 16.5. The monoisotopic (exact) mass is 394 g/mol. The first-order chi connectivity index (χ1) is 14.0. The molecule has 1 aliphatic rings. The van der Waals surface area contributed by atoms with Crippen molar-refractivity contribution in [3.8, 4) is 0 Å². The van der Waals surface area contributed by atoms with Gasteiger partial charge >= 0.3 is 0 Å². The number of amides is 2. The molecule has 1 unspecified atom stereocenters. The second kappa shape index (κ2) is 9.70. The summed E-state index contributed by atoms with van der Waals surface area (Å²) in [6.07, 6.45) is 1.66. The van der Waals surface area contributed by atoms with Gasteiger partial charge in [-0.05, 0) is 49.9 Å². The lowest BCUT2D eigenvalue weighted by molar-refractivity contribution is -0.126. The molecular formula is C24H30N2O3. The Morgan fingerprint density at radius 3 is 2.38 bits per heavy atom. The number of nitrogens with zero attached hydrogens (tertiary/aromatic N) is 1. The Hall–Kier alpha value is -2.66. The molecule has 1 saturated heterocycles. The smallest absolute Gasteiger partial charge is 0.253 e. The van der Waals surface area contributed by atoms with Crippen LogP contribution in [0.5, 0.6) is 0 Å². The zero-order valence-electron chi connectivity index (χ0n) is 17.5. The third kappa shape index (κ3) is 5.67. The molecule has 5 heteroatoms. The average Bonchev–Trinajstić information content (AvgIpc) is 2.72. The minimum Gasteiger partial charge on any atom is -0.380 e. The summed E-state index contributed by atoms with van der Waals surface area (Å²) >= 11 is 0. The van der Waals surface area contributed by atoms with Crippen molar-refractivity contribution in [3.05, 3.63) is 70.3 Å². The third-order valence-electron chi connectivity index (χ3n) is 5.35. The Balaban J connectivity index is 1.56. The van der Waals surface area contributed by atoms with E-state index in [0.29, 0.717) is 31.8 Å². The minimum absolute atomic E-state index is 0.0167. The van der Waals surface area contributed by atoms with Gasteiger partial charge in [0.25, 0.3) is 5.91 Å². The summed E-state index contributed by atoms with van der Waals surface area (Å²) in [4.78, 5) is 27.4. The van der Waals surface area contributed by atoms with Gasteiger partial charge in [0.05, 0.1) is 12.5 Å². The van der Waals surface area contributed by atoms with Crippen LogP contribution in [0.25, 0.3) is 0 Å². The van der Waals surface area contributed by atoms with Crippen LogP contribution in [0.2, 0.25) is 0 Å². The number of likely N-dealkylation sites (tertiary alicyclic amines) is 1. The number of nitrogens with one attached hydrogen (secondary N) is 1. The Morgan fingerprint density at radius 2 is 1.72 bits per heavy atom. The molecule has 2 aromatic carbocycles. The zero-order valence-corrected chi connectivity index (χ0v) is 17.5. The van der Waals surface area contributed by atoms with Crippen molar-refractivity contribution >= 4 is 11.8 Å². The van der Waals surface area contributed by atoms with Gasteiger partial charge in [-0.15, -0.1) is 0 Å². The molecule has 0 spiro atoms. The Labute approximate surface area is 173 Å². The highest BCUT2D eigenvalue weighted by Gasteiger charge is 2.29. The maximum atomic E-state index is 12.9. The molecule has 1 atom stereocenters. The van der Waals surface area contributed by atoms with Gasteiger partial charge < -0.3 is 15.0 Å². The van der Waals surface area contributed by atoms with Crippen molar-refractivity contribution < 1.29 is 14.3 Å². The van der Waals surface area contributed by atoms with E-state index < -0.39 is 0 Å². The zero-order chi connectivity index (χ0) is 20.8. The molecule has 1 fully saturated rings. The maximum Gasteiger partial charge on any atom is 0.253 e. The largest absolute Gasteiger partial charge is 0.380 e. The van der Waals surface area contributed by atoms with Crippen molar-refractivity contribution in [2.75, 3.05) is 20.2 Å². The molecule has 0 saturated carbocycles. The molecule has 154 valence electrons. The number of ether oxygens (including phenoxy) is 1. The van der Waals surface area contributed by atoms with E-state index in [1.54, 1.807) is 7.11 Å². The predicted molar refractivity (Wildman–Crippen MR) is 114 cm³/mol. The first-order valence-corrected chi connectivity index (χ1v) is 10.2. The fourth-order valence-electron chi connectivity index (χ4n) is 3.91. The Kier molecular flexibility index (Phi) is 7.04. The van der Waals surface area contributed by atoms with Crippen LogP contribution in [0.15, 0.2) is 42.5 Å². The number of hydrogen-bond donors (Lipinski definition) is 1. The first kappa shape index (κ1) is 21.1. The molecule has 5 nitrogen and oxygen atoms in total. The standard InChI is InChI=1S/C24H30N2O3/c1-17-11-18(2)13-22(12-17)24(28)26-10-4-5-21(15-26)23(27)25-14-19-6-8-20(9-7-19)16-29-3/h6-9,11-13,21H,4-5,10,14-16H2,1-3H3,(H,25,27). The number of hydrogen-bond acceptors (Lipinski definition) is 3. The molecule has 29 heavy (non-hydrogen) atoms. The average molecular weight is 395 g/mol. The molecule has 0 radical (unpaired) electrons. The summed E-state index contributed by atoms with van der Waals surface area (Å²) in [7, 11) is 1.67. The van der Waals surface area contributed by atoms with E-state index in [2.05, 4.69) is 11.4 Å². The van der Waals surface area contributed by atoms with Crippen LogP contribution in [0.1, 0.15) is 45.5 Å². The molecule has 0 aliphatic carbocycles. The quantitative estimate of drug-likeness (QED) is 0.814. The van der Waals surface area contributed by atoms with Crippen molar-refractivity contribution in [2.45, 2.75) is 39.8 Å². The summed E-state index contributed by atoms with van der Waals surface area (Å²) in [5, 5.41) is 3.03. The van der Waals surface area contributed by atoms with Gasteiger partial charge in [-0.2, -0.15) is 0 Å². The molecular weight excluding hydrogens is 364 g/mol. The molecule has 1 N–H and O–H groups in total. The number of piperidine rings is 1. The Bertz CT molecular complexity index is 841. The lowest BCUT2D eigenvalue weighted by Crippen LogP contribution is -2.45. The van der Waals surface area contributed by atoms with Crippen LogP contribution in [0, 0.1) is 19.8 Å². The van der Waals surface area contributed by atoms with Crippen LogP contribution in [-0.2, 0) is 22.7 Å². The van der Waals surface area contributed by atoms with Gasteiger partial charge in [0.15, 0.2) is 0 Å². The van der Waals surface area contributed by atoms with Crippen LogP contribution in [0.4, 0.5) is 0 Å². The molecule has 3 rings (SSSR count). The third-order valence-corrected chi connectivity index (χ3v) is 5.35. The number of carbonyl (C=O) groups is 2. The van der Waals surface area contributed by atoms with Crippen molar-refractivity contribution in [2.24, 2.45) is 5.92 Å². The van der Waals surface area contributed by atoms with E-state index in [1.165, 1.54) is 0 Å². The van der Waals surface area contributed by atoms with Gasteiger partial charge in [0, 0.05) is 32.3 Å². The fourth-order valence-corrected chi connectivity index (χ4v) is 3.91. The summed E-state index contributed by atoms with van der Waals surface area (Å²) in [6.45, 7) is 6.25. The van der Waals surface area contributed by atoms with Crippen LogP contribution < -0.4 is 5.32 Å². The highest BCUT2D eigenvalue weighted by Crippen LogP contribution is 2.20. The Morgan fingerprint density at radius 1 is 1.07 bits per heavy atom. The number of benzene rings is 2. The number of rotatable bonds is 6. The molecule has 2 aromatic rings. The maximum absolute atomic E-state index is 12.9. The first-order valence-electron chi connectivity index (χ1n) is 10.2. The molecule has 0 aromatic heterocycles. The molecule has 2 amide bonds. The molecule has 1 aliphatic heterocycles. The van der Waals surface area contributed by atoms with Crippen molar-refractivity contribution in [3.63, 3.8) is 0 Å². The van der Waals surface area contributed by atoms with Gasteiger partial charge in [0.2, 0.25) is 5.91 Å². The van der Waals surface area contributed by atoms with Gasteiger partial charge in [-0.1, -0.05) is 41.5 Å². The van der Waals surface area contributed by atoms with Crippen molar-refractivity contribution in [1.82, 2.24) is 10.2 Å². The SMILES string of the molecule is COCc1ccc(CNC(=O)C2CCCN(C(=O)c3cc(C)cc(C)c3)C2)cc1. The van der Waals surface area contributed by atoms with Crippen LogP contribution in [-0.4, -0.2) is 36.9 Å². The van der Waals surface area contributed by atoms with Gasteiger partial charge in [-0.25, -0.2) is 0 Å². The van der Waals surface area contributed by atoms with Crippen LogP contribution >= 0.6 is 0 Å². The van der Waals surface area contributed by atoms with E-state index in [0.717, 1.165) is 35.1 Å². The predicted octanol–water partition coefficient (Wildman–Crippen LogP) is 3.62. The second-order valence-corrected chi connectivity index (χ2v) is 7.93. The summed E-state index contributed by atoms with van der Waals surface area (Å²) in [6, 6.07) is 13.9. The summed E-state index contributed by atoms with van der Waals surface area (Å²) < 4.78 is 5.12. The highest BCUT2D eigenvalue weighted by molar-refractivity contribution is 5.95. The van der Waals surface area contributed by atoms with Crippen molar-refractivity contribution in [1.29, 1.82) is 0 Å². The minimum atomic E-state index is -0.161. The van der Waals surface area contributed by atoms with E-state index in [1.807, 2.05) is 55.1 Å². The fraction of sp³-hybridized carbons (Fsp3) is 0.417. The summed E-state index contributed by atoms with van der Waals surface area (Å²) in [5.41, 5.74) is 5.03. The summed E-state index contributed by atoms with van der Waals surface area (Å²) in [5.74, 6) is -0.127. The number of methoxy groups -OCH3 is 1. The van der Waals surface area contributed by atoms with E-state index in [-0.39, 0.29) is 17.7 Å².